The van der Waals surface area contributed by atoms with E-state index in [2.05, 4.69) is 5.32 Å². The van der Waals surface area contributed by atoms with Gasteiger partial charge in [0.25, 0.3) is 5.91 Å². The summed E-state index contributed by atoms with van der Waals surface area (Å²) in [4.78, 5) is 14.4. The smallest absolute Gasteiger partial charge is 0.255 e. The Morgan fingerprint density at radius 3 is 2.15 bits per heavy atom. The van der Waals surface area contributed by atoms with Crippen molar-refractivity contribution >= 4 is 17.3 Å². The number of benzene rings is 3. The van der Waals surface area contributed by atoms with Crippen molar-refractivity contribution in [1.29, 1.82) is 0 Å². The van der Waals surface area contributed by atoms with E-state index in [-0.39, 0.29) is 11.7 Å². The molecule has 0 heterocycles. The molecule has 0 radical (unpaired) electrons. The van der Waals surface area contributed by atoms with E-state index in [9.17, 15) is 9.90 Å². The average Bonchev–Trinajstić information content (AvgIpc) is 2.65. The highest BCUT2D eigenvalue weighted by Gasteiger charge is 2.08. The van der Waals surface area contributed by atoms with Gasteiger partial charge in [-0.3, -0.25) is 4.79 Å². The maximum absolute atomic E-state index is 12.4. The molecule has 0 aromatic heterocycles. The summed E-state index contributed by atoms with van der Waals surface area (Å²) in [5, 5.41) is 12.2. The molecule has 0 fully saturated rings. The number of phenolic OH excluding ortho intramolecular Hbond substituents is 1. The first kappa shape index (κ1) is 17.4. The van der Waals surface area contributed by atoms with Crippen LogP contribution in [0.15, 0.2) is 72.8 Å². The number of anilines is 2. The van der Waals surface area contributed by atoms with Crippen molar-refractivity contribution in [3.63, 3.8) is 0 Å². The first-order valence-corrected chi connectivity index (χ1v) is 8.17. The molecule has 0 aliphatic heterocycles. The number of nitrogens with one attached hydrogen (secondary N) is 1. The fourth-order valence-corrected chi connectivity index (χ4v) is 2.39. The van der Waals surface area contributed by atoms with Crippen LogP contribution >= 0.6 is 0 Å². The van der Waals surface area contributed by atoms with Gasteiger partial charge in [0.1, 0.15) is 17.2 Å². The van der Waals surface area contributed by atoms with Crippen LogP contribution < -0.4 is 15.0 Å². The topological polar surface area (TPSA) is 61.8 Å². The molecule has 132 valence electrons. The number of carbonyl (C=O) groups is 1. The summed E-state index contributed by atoms with van der Waals surface area (Å²) in [5.41, 5.74) is 2.25. The quantitative estimate of drug-likeness (QED) is 0.712. The maximum Gasteiger partial charge on any atom is 0.255 e. The van der Waals surface area contributed by atoms with E-state index >= 15 is 0 Å². The summed E-state index contributed by atoms with van der Waals surface area (Å²) >= 11 is 0. The zero-order valence-electron chi connectivity index (χ0n) is 14.6. The molecule has 2 N–H and O–H groups in total. The number of ether oxygens (including phenoxy) is 1. The Balaban J connectivity index is 1.66. The Labute approximate surface area is 152 Å². The Bertz CT molecular complexity index is 888. The normalized spacial score (nSPS) is 10.2. The third-order valence-electron chi connectivity index (χ3n) is 3.81. The lowest BCUT2D eigenvalue weighted by molar-refractivity contribution is 0.102. The molecule has 3 aromatic carbocycles. The summed E-state index contributed by atoms with van der Waals surface area (Å²) < 4.78 is 5.69. The van der Waals surface area contributed by atoms with E-state index in [1.807, 2.05) is 37.2 Å². The fraction of sp³-hybridized carbons (Fsp3) is 0.0952. The number of hydrogen-bond acceptors (Lipinski definition) is 4. The van der Waals surface area contributed by atoms with Crippen molar-refractivity contribution < 1.29 is 14.6 Å². The van der Waals surface area contributed by atoms with Gasteiger partial charge in [-0.25, -0.2) is 0 Å². The van der Waals surface area contributed by atoms with Crippen LogP contribution in [-0.4, -0.2) is 25.1 Å². The first-order valence-electron chi connectivity index (χ1n) is 8.17. The number of aromatic hydroxyl groups is 1. The Morgan fingerprint density at radius 1 is 0.923 bits per heavy atom. The number of hydrogen-bond donors (Lipinski definition) is 2. The van der Waals surface area contributed by atoms with Crippen LogP contribution in [0, 0.1) is 0 Å². The summed E-state index contributed by atoms with van der Waals surface area (Å²) in [7, 11) is 3.87. The van der Waals surface area contributed by atoms with Crippen LogP contribution in [-0.2, 0) is 0 Å². The van der Waals surface area contributed by atoms with Crippen molar-refractivity contribution in [3.05, 3.63) is 78.4 Å². The van der Waals surface area contributed by atoms with Gasteiger partial charge in [0.15, 0.2) is 0 Å². The molecule has 5 heteroatoms. The zero-order chi connectivity index (χ0) is 18.5. The van der Waals surface area contributed by atoms with Gasteiger partial charge in [0, 0.05) is 31.0 Å². The number of carbonyl (C=O) groups excluding carboxylic acids is 1. The van der Waals surface area contributed by atoms with Crippen molar-refractivity contribution in [2.24, 2.45) is 0 Å². The Kier molecular flexibility index (Phi) is 5.08. The maximum atomic E-state index is 12.4. The standard InChI is InChI=1S/C21H20N2O3/c1-23(2)17-5-3-4-15(14-17)21(25)22-16-6-10-19(11-7-16)26-20-12-8-18(24)9-13-20/h3-14,24H,1-2H3,(H,22,25). The van der Waals surface area contributed by atoms with Crippen LogP contribution in [0.2, 0.25) is 0 Å². The minimum Gasteiger partial charge on any atom is -0.508 e. The van der Waals surface area contributed by atoms with E-state index in [1.165, 1.54) is 0 Å². The third kappa shape index (κ3) is 4.33. The molecule has 0 atom stereocenters. The Hall–Kier alpha value is -3.47. The predicted octanol–water partition coefficient (Wildman–Crippen LogP) is 4.50. The van der Waals surface area contributed by atoms with Gasteiger partial charge in [0.2, 0.25) is 0 Å². The van der Waals surface area contributed by atoms with Crippen LogP contribution in [0.5, 0.6) is 17.2 Å². The van der Waals surface area contributed by atoms with E-state index in [1.54, 1.807) is 54.6 Å². The molecule has 0 spiro atoms. The van der Waals surface area contributed by atoms with Crippen molar-refractivity contribution in [2.75, 3.05) is 24.3 Å². The highest BCUT2D eigenvalue weighted by atomic mass is 16.5. The molecule has 3 rings (SSSR count). The molecule has 0 saturated heterocycles. The van der Waals surface area contributed by atoms with Gasteiger partial charge < -0.3 is 20.1 Å². The predicted molar refractivity (Wildman–Crippen MR) is 103 cm³/mol. The van der Waals surface area contributed by atoms with E-state index in [4.69, 9.17) is 4.74 Å². The summed E-state index contributed by atoms with van der Waals surface area (Å²) in [6, 6.07) is 21.0. The summed E-state index contributed by atoms with van der Waals surface area (Å²) in [6.07, 6.45) is 0. The number of rotatable bonds is 5. The summed E-state index contributed by atoms with van der Waals surface area (Å²) in [5.74, 6) is 1.29. The summed E-state index contributed by atoms with van der Waals surface area (Å²) in [6.45, 7) is 0. The van der Waals surface area contributed by atoms with Gasteiger partial charge in [-0.05, 0) is 66.7 Å². The Morgan fingerprint density at radius 2 is 1.54 bits per heavy atom. The van der Waals surface area contributed by atoms with Crippen LogP contribution in [0.4, 0.5) is 11.4 Å². The average molecular weight is 348 g/mol. The van der Waals surface area contributed by atoms with Gasteiger partial charge >= 0.3 is 0 Å². The van der Waals surface area contributed by atoms with Crippen LogP contribution in [0.1, 0.15) is 10.4 Å². The van der Waals surface area contributed by atoms with Crippen LogP contribution in [0.25, 0.3) is 0 Å². The zero-order valence-corrected chi connectivity index (χ0v) is 14.6. The highest BCUT2D eigenvalue weighted by Crippen LogP contribution is 2.25. The molecule has 5 nitrogen and oxygen atoms in total. The molecule has 0 saturated carbocycles. The fourth-order valence-electron chi connectivity index (χ4n) is 2.39. The largest absolute Gasteiger partial charge is 0.508 e. The van der Waals surface area contributed by atoms with E-state index in [0.717, 1.165) is 5.69 Å². The van der Waals surface area contributed by atoms with Gasteiger partial charge in [0.05, 0.1) is 0 Å². The SMILES string of the molecule is CN(C)c1cccc(C(=O)Nc2ccc(Oc3ccc(O)cc3)cc2)c1. The second kappa shape index (κ2) is 7.61. The number of nitrogens with zero attached hydrogens (tertiary/aromatic N) is 1. The third-order valence-corrected chi connectivity index (χ3v) is 3.81. The van der Waals surface area contributed by atoms with Crippen molar-refractivity contribution in [1.82, 2.24) is 0 Å². The van der Waals surface area contributed by atoms with Gasteiger partial charge in [-0.2, -0.15) is 0 Å². The molecule has 0 aliphatic rings. The lowest BCUT2D eigenvalue weighted by atomic mass is 10.1. The molecule has 0 unspecified atom stereocenters. The molecule has 26 heavy (non-hydrogen) atoms. The van der Waals surface area contributed by atoms with Crippen molar-refractivity contribution in [3.8, 4) is 17.2 Å². The second-order valence-corrected chi connectivity index (χ2v) is 6.02. The molecule has 3 aromatic rings. The lowest BCUT2D eigenvalue weighted by Gasteiger charge is -2.13. The van der Waals surface area contributed by atoms with Gasteiger partial charge in [-0.15, -0.1) is 0 Å². The second-order valence-electron chi connectivity index (χ2n) is 6.02. The van der Waals surface area contributed by atoms with Crippen molar-refractivity contribution in [2.45, 2.75) is 0 Å². The molecule has 1 amide bonds. The molecular formula is C21H20N2O3. The minimum absolute atomic E-state index is 0.166. The molecule has 0 bridgehead atoms. The molecular weight excluding hydrogens is 328 g/mol. The van der Waals surface area contributed by atoms with Gasteiger partial charge in [-0.1, -0.05) is 6.07 Å². The van der Waals surface area contributed by atoms with Crippen LogP contribution in [0.3, 0.4) is 0 Å². The highest BCUT2D eigenvalue weighted by molar-refractivity contribution is 6.04. The minimum atomic E-state index is -0.166. The lowest BCUT2D eigenvalue weighted by Crippen LogP contribution is -2.14. The van der Waals surface area contributed by atoms with E-state index < -0.39 is 0 Å². The monoisotopic (exact) mass is 348 g/mol. The first-order chi connectivity index (χ1) is 12.5. The number of phenols is 1. The van der Waals surface area contributed by atoms with E-state index in [0.29, 0.717) is 22.7 Å². The number of amides is 1. The molecule has 0 aliphatic carbocycles.